The molecule has 0 spiro atoms. The highest BCUT2D eigenvalue weighted by Crippen LogP contribution is 2.31. The third-order valence-electron chi connectivity index (χ3n) is 4.85. The fourth-order valence-electron chi connectivity index (χ4n) is 3.35. The summed E-state index contributed by atoms with van der Waals surface area (Å²) in [6.45, 7) is -1.55. The van der Waals surface area contributed by atoms with Crippen LogP contribution < -0.4 is 5.32 Å². The Balaban J connectivity index is 1.82. The first-order chi connectivity index (χ1) is 15.3. The zero-order valence-corrected chi connectivity index (χ0v) is 17.1. The fourth-order valence-corrected chi connectivity index (χ4v) is 3.35. The van der Waals surface area contributed by atoms with Gasteiger partial charge in [-0.25, -0.2) is 4.79 Å². The Labute approximate surface area is 184 Å². The summed E-state index contributed by atoms with van der Waals surface area (Å²) in [5.74, 6) is -2.27. The lowest BCUT2D eigenvalue weighted by Gasteiger charge is -2.21. The van der Waals surface area contributed by atoms with Crippen LogP contribution in [0.1, 0.15) is 28.3 Å². The van der Waals surface area contributed by atoms with Gasteiger partial charge in [0.1, 0.15) is 6.54 Å². The molecular weight excluding hydrogens is 419 g/mol. The van der Waals surface area contributed by atoms with Crippen LogP contribution in [0.2, 0.25) is 0 Å². The molecule has 0 saturated heterocycles. The third kappa shape index (κ3) is 6.44. The van der Waals surface area contributed by atoms with Gasteiger partial charge in [0, 0.05) is 0 Å². The van der Waals surface area contributed by atoms with E-state index in [1.54, 1.807) is 48.5 Å². The van der Waals surface area contributed by atoms with Crippen LogP contribution in [0.15, 0.2) is 84.9 Å². The molecule has 0 saturated carbocycles. The smallest absolute Gasteiger partial charge is 0.405 e. The van der Waals surface area contributed by atoms with Crippen LogP contribution in [0.3, 0.4) is 0 Å². The Kier molecular flexibility index (Phi) is 7.65. The Morgan fingerprint density at radius 1 is 0.844 bits per heavy atom. The van der Waals surface area contributed by atoms with Gasteiger partial charge in [-0.2, -0.15) is 13.2 Å². The summed E-state index contributed by atoms with van der Waals surface area (Å²) in [5, 5.41) is 1.97. The molecule has 0 aliphatic heterocycles. The van der Waals surface area contributed by atoms with Gasteiger partial charge in [0.25, 0.3) is 0 Å². The van der Waals surface area contributed by atoms with Crippen molar-refractivity contribution in [3.05, 3.63) is 96.1 Å². The van der Waals surface area contributed by atoms with E-state index in [9.17, 15) is 22.8 Å². The third-order valence-corrected chi connectivity index (χ3v) is 4.85. The zero-order chi connectivity index (χ0) is 23.0. The Hall–Kier alpha value is -3.61. The molecule has 0 aliphatic rings. The summed E-state index contributed by atoms with van der Waals surface area (Å²) in [6, 6.07) is 24.6. The van der Waals surface area contributed by atoms with Crippen molar-refractivity contribution in [1.82, 2.24) is 5.32 Å². The maximum atomic E-state index is 12.8. The van der Waals surface area contributed by atoms with Crippen LogP contribution in [0.4, 0.5) is 13.2 Å². The Bertz CT molecular complexity index is 1040. The molecule has 3 aromatic rings. The van der Waals surface area contributed by atoms with Crippen LogP contribution in [0.5, 0.6) is 0 Å². The molecule has 32 heavy (non-hydrogen) atoms. The highest BCUT2D eigenvalue weighted by atomic mass is 19.4. The molecule has 3 aromatic carbocycles. The van der Waals surface area contributed by atoms with E-state index in [-0.39, 0.29) is 13.0 Å². The summed E-state index contributed by atoms with van der Waals surface area (Å²) in [4.78, 5) is 25.0. The van der Waals surface area contributed by atoms with Crippen LogP contribution in [0.25, 0.3) is 11.1 Å². The van der Waals surface area contributed by atoms with Crippen LogP contribution in [0, 0.1) is 0 Å². The minimum absolute atomic E-state index is 0.0338. The number of rotatable bonds is 8. The van der Waals surface area contributed by atoms with E-state index in [0.29, 0.717) is 11.1 Å². The van der Waals surface area contributed by atoms with E-state index in [4.69, 9.17) is 4.74 Å². The normalized spacial score (nSPS) is 12.1. The molecule has 0 fully saturated rings. The first-order valence-corrected chi connectivity index (χ1v) is 10.1. The van der Waals surface area contributed by atoms with Crippen molar-refractivity contribution in [2.45, 2.75) is 18.5 Å². The molecule has 0 radical (unpaired) electrons. The largest absolute Gasteiger partial charge is 0.462 e. The van der Waals surface area contributed by atoms with E-state index >= 15 is 0 Å². The summed E-state index contributed by atoms with van der Waals surface area (Å²) in [7, 11) is 0. The van der Waals surface area contributed by atoms with Gasteiger partial charge < -0.3 is 10.1 Å². The number of amides is 1. The zero-order valence-electron chi connectivity index (χ0n) is 17.1. The fraction of sp³-hybridized carbons (Fsp3) is 0.200. The van der Waals surface area contributed by atoms with Crippen molar-refractivity contribution in [1.29, 1.82) is 0 Å². The van der Waals surface area contributed by atoms with Gasteiger partial charge in [-0.15, -0.1) is 0 Å². The number of hydrogen-bond donors (Lipinski definition) is 1. The molecule has 1 atom stereocenters. The monoisotopic (exact) mass is 441 g/mol. The van der Waals surface area contributed by atoms with Gasteiger partial charge in [0.05, 0.1) is 18.1 Å². The molecule has 3 rings (SSSR count). The number of carbonyl (C=O) groups excluding carboxylic acids is 2. The minimum atomic E-state index is -4.53. The molecule has 7 heteroatoms. The van der Waals surface area contributed by atoms with Crippen LogP contribution in [-0.2, 0) is 9.53 Å². The van der Waals surface area contributed by atoms with Crippen molar-refractivity contribution in [3.8, 4) is 11.1 Å². The highest BCUT2D eigenvalue weighted by Gasteiger charge is 2.31. The lowest BCUT2D eigenvalue weighted by molar-refractivity contribution is -0.139. The molecule has 0 bridgehead atoms. The Morgan fingerprint density at radius 2 is 1.44 bits per heavy atom. The summed E-state index contributed by atoms with van der Waals surface area (Å²) >= 11 is 0. The number of ether oxygens (including phenoxy) is 1. The number of nitrogens with one attached hydrogen (secondary N) is 1. The Morgan fingerprint density at radius 3 is 2.09 bits per heavy atom. The molecule has 0 aliphatic carbocycles. The van der Waals surface area contributed by atoms with Crippen molar-refractivity contribution < 1.29 is 27.5 Å². The maximum absolute atomic E-state index is 12.8. The van der Waals surface area contributed by atoms with Crippen LogP contribution >= 0.6 is 0 Å². The molecule has 1 unspecified atom stereocenters. The van der Waals surface area contributed by atoms with Crippen molar-refractivity contribution >= 4 is 11.9 Å². The van der Waals surface area contributed by atoms with Crippen molar-refractivity contribution in [3.63, 3.8) is 0 Å². The van der Waals surface area contributed by atoms with Gasteiger partial charge in [-0.1, -0.05) is 72.8 Å². The predicted molar refractivity (Wildman–Crippen MR) is 115 cm³/mol. The minimum Gasteiger partial charge on any atom is -0.462 e. The van der Waals surface area contributed by atoms with E-state index in [2.05, 4.69) is 0 Å². The van der Waals surface area contributed by atoms with Gasteiger partial charge in [0.15, 0.2) is 0 Å². The van der Waals surface area contributed by atoms with Gasteiger partial charge in [0.2, 0.25) is 5.91 Å². The maximum Gasteiger partial charge on any atom is 0.405 e. The summed E-state index contributed by atoms with van der Waals surface area (Å²) in [6.07, 6.45) is -4.49. The van der Waals surface area contributed by atoms with Crippen molar-refractivity contribution in [2.75, 3.05) is 13.2 Å². The second kappa shape index (κ2) is 10.6. The molecular formula is C25H22F3NO3. The first-order valence-electron chi connectivity index (χ1n) is 10.1. The topological polar surface area (TPSA) is 55.4 Å². The molecule has 166 valence electrons. The average Bonchev–Trinajstić information content (AvgIpc) is 2.81. The standard InChI is InChI=1S/C25H22F3NO3/c26-25(27,28)17-29-23(30)22(15-16-32-24(31)19-11-5-2-6-12-19)21-14-8-7-13-20(21)18-9-3-1-4-10-18/h1-14,22H,15-17H2,(H,29,30). The van der Waals surface area contributed by atoms with Crippen molar-refractivity contribution in [2.24, 2.45) is 0 Å². The predicted octanol–water partition coefficient (Wildman–Crippen LogP) is 5.36. The SMILES string of the molecule is O=C(OCCC(C(=O)NCC(F)(F)F)c1ccccc1-c1ccccc1)c1ccccc1. The highest BCUT2D eigenvalue weighted by molar-refractivity contribution is 5.89. The number of alkyl halides is 3. The lowest BCUT2D eigenvalue weighted by atomic mass is 9.88. The summed E-state index contributed by atoms with van der Waals surface area (Å²) in [5.41, 5.74) is 2.48. The number of halogens is 3. The number of carbonyl (C=O) groups is 2. The molecule has 1 amide bonds. The second-order valence-corrected chi connectivity index (χ2v) is 7.13. The lowest BCUT2D eigenvalue weighted by Crippen LogP contribution is -2.37. The van der Waals surface area contributed by atoms with E-state index in [1.807, 2.05) is 41.7 Å². The molecule has 4 nitrogen and oxygen atoms in total. The number of benzene rings is 3. The van der Waals surface area contributed by atoms with E-state index in [1.165, 1.54) is 0 Å². The number of hydrogen-bond acceptors (Lipinski definition) is 3. The van der Waals surface area contributed by atoms with E-state index in [0.717, 1.165) is 11.1 Å². The number of esters is 1. The first kappa shape index (κ1) is 23.1. The molecule has 0 aromatic heterocycles. The van der Waals surface area contributed by atoms with Gasteiger partial charge in [-0.3, -0.25) is 4.79 Å². The van der Waals surface area contributed by atoms with Crippen LogP contribution in [-0.4, -0.2) is 31.2 Å². The second-order valence-electron chi connectivity index (χ2n) is 7.13. The average molecular weight is 441 g/mol. The van der Waals surface area contributed by atoms with E-state index < -0.39 is 30.5 Å². The van der Waals surface area contributed by atoms with Gasteiger partial charge >= 0.3 is 12.1 Å². The van der Waals surface area contributed by atoms with Gasteiger partial charge in [-0.05, 0) is 35.2 Å². The summed E-state index contributed by atoms with van der Waals surface area (Å²) < 4.78 is 43.3. The quantitative estimate of drug-likeness (QED) is 0.479. The molecule has 0 heterocycles. The molecule has 1 N–H and O–H groups in total.